The van der Waals surface area contributed by atoms with Gasteiger partial charge in [0.1, 0.15) is 11.4 Å². The van der Waals surface area contributed by atoms with Crippen molar-refractivity contribution in [2.75, 3.05) is 5.32 Å². The summed E-state index contributed by atoms with van der Waals surface area (Å²) in [5.74, 6) is 0.746. The number of ether oxygens (including phenoxy) is 2. The first-order valence-corrected chi connectivity index (χ1v) is 7.93. The third-order valence-corrected chi connectivity index (χ3v) is 3.74. The Bertz CT molecular complexity index is 756. The van der Waals surface area contributed by atoms with Gasteiger partial charge in [0, 0.05) is 17.6 Å². The van der Waals surface area contributed by atoms with Crippen molar-refractivity contribution in [2.45, 2.75) is 38.5 Å². The molecule has 0 saturated heterocycles. The van der Waals surface area contributed by atoms with Gasteiger partial charge in [-0.2, -0.15) is 0 Å². The van der Waals surface area contributed by atoms with Gasteiger partial charge in [0.2, 0.25) is 0 Å². The van der Waals surface area contributed by atoms with Gasteiger partial charge in [-0.1, -0.05) is 36.4 Å². The van der Waals surface area contributed by atoms with Crippen molar-refractivity contribution in [2.24, 2.45) is 5.73 Å². The zero-order valence-electron chi connectivity index (χ0n) is 14.1. The number of carbonyl (C=O) groups is 1. The highest BCUT2D eigenvalue weighted by Gasteiger charge is 2.36. The lowest BCUT2D eigenvalue weighted by molar-refractivity contribution is 0.00378. The molecule has 24 heavy (non-hydrogen) atoms. The molecule has 1 aliphatic carbocycles. The van der Waals surface area contributed by atoms with E-state index in [-0.39, 0.29) is 0 Å². The van der Waals surface area contributed by atoms with Gasteiger partial charge < -0.3 is 9.47 Å². The predicted molar refractivity (Wildman–Crippen MR) is 93.2 cm³/mol. The molecule has 5 heteroatoms. The van der Waals surface area contributed by atoms with Crippen molar-refractivity contribution in [1.82, 2.24) is 0 Å². The van der Waals surface area contributed by atoms with Crippen LogP contribution < -0.4 is 11.1 Å². The van der Waals surface area contributed by atoms with Crippen molar-refractivity contribution in [3.05, 3.63) is 65.5 Å². The van der Waals surface area contributed by atoms with Crippen LogP contribution in [0.1, 0.15) is 32.8 Å². The molecule has 3 rings (SSSR count). The number of para-hydroxylation sites is 1. The minimum Gasteiger partial charge on any atom is -0.468 e. The van der Waals surface area contributed by atoms with E-state index >= 15 is 0 Å². The molecule has 1 aromatic carbocycles. The van der Waals surface area contributed by atoms with E-state index in [1.54, 1.807) is 6.07 Å². The number of rotatable bonds is 2. The molecule has 0 bridgehead atoms. The van der Waals surface area contributed by atoms with E-state index in [4.69, 9.17) is 15.2 Å². The Hall–Kier alpha value is -2.53. The maximum atomic E-state index is 12.1. The molecule has 1 aromatic rings. The summed E-state index contributed by atoms with van der Waals surface area (Å²) in [5, 5.41) is 2.77. The molecule has 2 aliphatic rings. The molecule has 1 aliphatic heterocycles. The molecule has 1 atom stereocenters. The van der Waals surface area contributed by atoms with E-state index in [0.29, 0.717) is 17.7 Å². The van der Waals surface area contributed by atoms with E-state index in [2.05, 4.69) is 5.32 Å². The summed E-state index contributed by atoms with van der Waals surface area (Å²) < 4.78 is 11.3. The molecule has 3 N–H and O–H groups in total. The molecule has 1 amide bonds. The summed E-state index contributed by atoms with van der Waals surface area (Å²) in [7, 11) is 0. The van der Waals surface area contributed by atoms with Gasteiger partial charge in [-0.3, -0.25) is 11.1 Å². The van der Waals surface area contributed by atoms with Crippen LogP contribution in [0.3, 0.4) is 0 Å². The van der Waals surface area contributed by atoms with Crippen LogP contribution in [0.5, 0.6) is 0 Å². The molecule has 0 radical (unpaired) electrons. The average molecular weight is 326 g/mol. The first kappa shape index (κ1) is 16.3. The Morgan fingerprint density at radius 2 is 2.08 bits per heavy atom. The van der Waals surface area contributed by atoms with Crippen LogP contribution in [0.2, 0.25) is 0 Å². The van der Waals surface area contributed by atoms with Crippen molar-refractivity contribution in [3.8, 4) is 0 Å². The summed E-state index contributed by atoms with van der Waals surface area (Å²) in [5.41, 5.74) is 7.23. The Kier molecular flexibility index (Phi) is 3.97. The first-order valence-electron chi connectivity index (χ1n) is 7.93. The van der Waals surface area contributed by atoms with E-state index < -0.39 is 17.4 Å². The van der Waals surface area contributed by atoms with Gasteiger partial charge >= 0.3 is 6.09 Å². The van der Waals surface area contributed by atoms with Crippen LogP contribution in [-0.4, -0.2) is 11.7 Å². The van der Waals surface area contributed by atoms with Crippen molar-refractivity contribution < 1.29 is 14.3 Å². The lowest BCUT2D eigenvalue weighted by Gasteiger charge is -2.35. The molecule has 0 spiro atoms. The van der Waals surface area contributed by atoms with Crippen LogP contribution in [-0.2, 0) is 15.2 Å². The summed E-state index contributed by atoms with van der Waals surface area (Å²) in [6.07, 6.45) is 7.83. The zero-order valence-corrected chi connectivity index (χ0v) is 14.1. The molecule has 0 fully saturated rings. The predicted octanol–water partition coefficient (Wildman–Crippen LogP) is 3.95. The number of hydrogen-bond donors (Lipinski definition) is 2. The second-order valence-electron chi connectivity index (χ2n) is 6.92. The number of nitrogens with two attached hydrogens (primary N) is 1. The zero-order chi connectivity index (χ0) is 17.4. The quantitative estimate of drug-likeness (QED) is 0.863. The Balaban J connectivity index is 1.86. The molecule has 1 unspecified atom stereocenters. The van der Waals surface area contributed by atoms with E-state index in [0.717, 1.165) is 11.3 Å². The minimum absolute atomic E-state index is 0.511. The maximum Gasteiger partial charge on any atom is 0.412 e. The third-order valence-electron chi connectivity index (χ3n) is 3.74. The summed E-state index contributed by atoms with van der Waals surface area (Å²) in [6.45, 7) is 5.46. The number of anilines is 1. The van der Waals surface area contributed by atoms with Gasteiger partial charge in [-0.15, -0.1) is 0 Å². The summed E-state index contributed by atoms with van der Waals surface area (Å²) >= 11 is 0. The van der Waals surface area contributed by atoms with Crippen LogP contribution in [0, 0.1) is 0 Å². The summed E-state index contributed by atoms with van der Waals surface area (Å²) in [4.78, 5) is 12.1. The Labute approximate surface area is 141 Å². The molecular weight excluding hydrogens is 304 g/mol. The van der Waals surface area contributed by atoms with E-state index in [1.807, 2.05) is 63.3 Å². The highest BCUT2D eigenvalue weighted by Crippen LogP contribution is 2.39. The molecule has 126 valence electrons. The fraction of sp³-hybridized carbons (Fsp3) is 0.316. The van der Waals surface area contributed by atoms with Gasteiger partial charge in [-0.05, 0) is 32.9 Å². The molecule has 1 heterocycles. The monoisotopic (exact) mass is 326 g/mol. The number of nitrogens with one attached hydrogen (secondary N) is 1. The maximum absolute atomic E-state index is 12.1. The van der Waals surface area contributed by atoms with Crippen LogP contribution >= 0.6 is 0 Å². The number of benzene rings is 1. The SMILES string of the molecule is CC(C)(C)OC(=O)Nc1ccccc1C1(N)CC=C2C=CC=C2O1. The Morgan fingerprint density at radius 3 is 2.83 bits per heavy atom. The summed E-state index contributed by atoms with van der Waals surface area (Å²) in [6, 6.07) is 7.35. The van der Waals surface area contributed by atoms with Gasteiger partial charge in [0.25, 0.3) is 0 Å². The Morgan fingerprint density at radius 1 is 1.33 bits per heavy atom. The molecule has 0 aromatic heterocycles. The number of carbonyl (C=O) groups excluding carboxylic acids is 1. The smallest absolute Gasteiger partial charge is 0.412 e. The van der Waals surface area contributed by atoms with Crippen LogP contribution in [0.4, 0.5) is 10.5 Å². The minimum atomic E-state index is -1.03. The van der Waals surface area contributed by atoms with Crippen LogP contribution in [0.15, 0.2) is 59.9 Å². The van der Waals surface area contributed by atoms with Gasteiger partial charge in [0.05, 0.1) is 5.69 Å². The highest BCUT2D eigenvalue weighted by atomic mass is 16.6. The number of hydrogen-bond acceptors (Lipinski definition) is 4. The van der Waals surface area contributed by atoms with Crippen molar-refractivity contribution in [1.29, 1.82) is 0 Å². The third kappa shape index (κ3) is 3.36. The normalized spacial score (nSPS) is 22.2. The largest absolute Gasteiger partial charge is 0.468 e. The fourth-order valence-corrected chi connectivity index (χ4v) is 2.72. The first-order chi connectivity index (χ1) is 11.3. The van der Waals surface area contributed by atoms with E-state index in [9.17, 15) is 4.79 Å². The van der Waals surface area contributed by atoms with Crippen molar-refractivity contribution >= 4 is 11.8 Å². The van der Waals surface area contributed by atoms with Crippen molar-refractivity contribution in [3.63, 3.8) is 0 Å². The van der Waals surface area contributed by atoms with E-state index in [1.165, 1.54) is 0 Å². The number of amides is 1. The molecule has 5 nitrogen and oxygen atoms in total. The number of allylic oxidation sites excluding steroid dienone is 3. The number of fused-ring (bicyclic) bond motifs is 1. The van der Waals surface area contributed by atoms with Gasteiger partial charge in [0.15, 0.2) is 5.72 Å². The lowest BCUT2D eigenvalue weighted by atomic mass is 9.94. The lowest BCUT2D eigenvalue weighted by Crippen LogP contribution is -2.41. The topological polar surface area (TPSA) is 73.6 Å². The molecular formula is C19H22N2O3. The fourth-order valence-electron chi connectivity index (χ4n) is 2.72. The molecule has 0 saturated carbocycles. The highest BCUT2D eigenvalue weighted by molar-refractivity contribution is 5.86. The standard InChI is InChI=1S/C19H22N2O3/c1-18(2,3)24-17(22)21-15-9-5-4-8-14(15)19(20)12-11-13-7-6-10-16(13)23-19/h4-11H,12,20H2,1-3H3,(H,21,22). The second-order valence-corrected chi connectivity index (χ2v) is 6.92. The van der Waals surface area contributed by atoms with Gasteiger partial charge in [-0.25, -0.2) is 4.79 Å². The second kappa shape index (κ2) is 5.83. The average Bonchev–Trinajstić information content (AvgIpc) is 2.92. The van der Waals surface area contributed by atoms with Crippen LogP contribution in [0.25, 0.3) is 0 Å².